The van der Waals surface area contributed by atoms with E-state index in [9.17, 15) is 9.59 Å². The van der Waals surface area contributed by atoms with Crippen LogP contribution in [0.3, 0.4) is 0 Å². The van der Waals surface area contributed by atoms with Crippen LogP contribution in [0, 0.1) is 11.3 Å². The summed E-state index contributed by atoms with van der Waals surface area (Å²) in [6.45, 7) is 6.06. The maximum Gasteiger partial charge on any atom is 0.259 e. The van der Waals surface area contributed by atoms with Gasteiger partial charge in [-0.25, -0.2) is 0 Å². The number of H-pyrrole nitrogens is 1. The highest BCUT2D eigenvalue weighted by molar-refractivity contribution is 5.93. The molecular formula is C14H18N4O2. The number of pyridine rings is 1. The highest BCUT2D eigenvalue weighted by atomic mass is 16.2. The van der Waals surface area contributed by atoms with Crippen molar-refractivity contribution in [1.82, 2.24) is 14.8 Å². The van der Waals surface area contributed by atoms with Gasteiger partial charge >= 0.3 is 0 Å². The van der Waals surface area contributed by atoms with Crippen molar-refractivity contribution in [2.75, 3.05) is 26.2 Å². The molecule has 0 atom stereocenters. The Hall–Kier alpha value is -2.13. The zero-order chi connectivity index (χ0) is 14.8. The quantitative estimate of drug-likeness (QED) is 0.848. The van der Waals surface area contributed by atoms with Crippen molar-refractivity contribution in [2.24, 2.45) is 0 Å². The zero-order valence-corrected chi connectivity index (χ0v) is 11.7. The molecule has 0 unspecified atom stereocenters. The number of rotatable bonds is 2. The zero-order valence-electron chi connectivity index (χ0n) is 11.7. The van der Waals surface area contributed by atoms with Crippen molar-refractivity contribution in [2.45, 2.75) is 19.4 Å². The van der Waals surface area contributed by atoms with Gasteiger partial charge in [-0.15, -0.1) is 0 Å². The minimum atomic E-state index is -0.528. The van der Waals surface area contributed by atoms with E-state index in [1.807, 2.05) is 18.7 Å². The summed E-state index contributed by atoms with van der Waals surface area (Å²) >= 11 is 0. The smallest absolute Gasteiger partial charge is 0.259 e. The second kappa shape index (κ2) is 5.47. The van der Waals surface area contributed by atoms with E-state index in [0.29, 0.717) is 26.2 Å². The van der Waals surface area contributed by atoms with Gasteiger partial charge in [-0.2, -0.15) is 5.26 Å². The van der Waals surface area contributed by atoms with Crippen LogP contribution in [0.15, 0.2) is 23.3 Å². The Morgan fingerprint density at radius 3 is 2.55 bits per heavy atom. The van der Waals surface area contributed by atoms with Crippen LogP contribution < -0.4 is 5.43 Å². The van der Waals surface area contributed by atoms with E-state index in [1.54, 1.807) is 4.90 Å². The fraction of sp³-hybridized carbons (Fsp3) is 0.500. The predicted octanol–water partition coefficient (Wildman–Crippen LogP) is 0.435. The molecule has 20 heavy (non-hydrogen) atoms. The molecule has 1 N–H and O–H groups in total. The predicted molar refractivity (Wildman–Crippen MR) is 74.2 cm³/mol. The van der Waals surface area contributed by atoms with Crippen LogP contribution in [0.4, 0.5) is 0 Å². The molecule has 1 aliphatic rings. The van der Waals surface area contributed by atoms with E-state index >= 15 is 0 Å². The Balaban J connectivity index is 2.05. The second-order valence-corrected chi connectivity index (χ2v) is 5.37. The molecule has 1 amide bonds. The van der Waals surface area contributed by atoms with Crippen molar-refractivity contribution in [3.05, 3.63) is 34.2 Å². The number of hydrogen-bond donors (Lipinski definition) is 1. The second-order valence-electron chi connectivity index (χ2n) is 5.37. The van der Waals surface area contributed by atoms with E-state index < -0.39 is 5.54 Å². The molecule has 0 aromatic carbocycles. The Kier molecular flexibility index (Phi) is 3.91. The topological polar surface area (TPSA) is 80.2 Å². The number of aromatic amines is 1. The summed E-state index contributed by atoms with van der Waals surface area (Å²) in [6.07, 6.45) is 2.95. The summed E-state index contributed by atoms with van der Waals surface area (Å²) in [5, 5.41) is 9.12. The fourth-order valence-electron chi connectivity index (χ4n) is 2.29. The number of carbonyl (C=O) groups excluding carboxylic acids is 1. The fourth-order valence-corrected chi connectivity index (χ4v) is 2.29. The molecule has 0 bridgehead atoms. The summed E-state index contributed by atoms with van der Waals surface area (Å²) in [6, 6.07) is 3.61. The van der Waals surface area contributed by atoms with Gasteiger partial charge in [-0.3, -0.25) is 14.5 Å². The van der Waals surface area contributed by atoms with Crippen LogP contribution >= 0.6 is 0 Å². The molecule has 0 radical (unpaired) electrons. The number of amides is 1. The van der Waals surface area contributed by atoms with Gasteiger partial charge in [0.2, 0.25) is 0 Å². The first-order valence-electron chi connectivity index (χ1n) is 6.58. The SMILES string of the molecule is CC(C)(C#N)N1CCN(C(=O)c2c[nH]ccc2=O)CC1. The van der Waals surface area contributed by atoms with Gasteiger partial charge in [0.1, 0.15) is 11.1 Å². The Morgan fingerprint density at radius 1 is 1.35 bits per heavy atom. The lowest BCUT2D eigenvalue weighted by molar-refractivity contribution is 0.0519. The first-order valence-corrected chi connectivity index (χ1v) is 6.58. The molecular weight excluding hydrogens is 256 g/mol. The van der Waals surface area contributed by atoms with Gasteiger partial charge in [0.15, 0.2) is 5.43 Å². The number of hydrogen-bond acceptors (Lipinski definition) is 4. The van der Waals surface area contributed by atoms with Crippen molar-refractivity contribution in [1.29, 1.82) is 5.26 Å². The van der Waals surface area contributed by atoms with Crippen LogP contribution in [0.25, 0.3) is 0 Å². The molecule has 2 rings (SSSR count). The minimum absolute atomic E-state index is 0.167. The average molecular weight is 274 g/mol. The van der Waals surface area contributed by atoms with Crippen molar-refractivity contribution in [3.8, 4) is 6.07 Å². The Labute approximate surface area is 117 Å². The highest BCUT2D eigenvalue weighted by Crippen LogP contribution is 2.16. The first kappa shape index (κ1) is 14.3. The average Bonchev–Trinajstić information content (AvgIpc) is 2.47. The van der Waals surface area contributed by atoms with Gasteiger partial charge in [-0.05, 0) is 13.8 Å². The summed E-state index contributed by atoms with van der Waals surface area (Å²) < 4.78 is 0. The number of aromatic nitrogens is 1. The summed E-state index contributed by atoms with van der Waals surface area (Å²) in [7, 11) is 0. The maximum absolute atomic E-state index is 12.3. The van der Waals surface area contributed by atoms with Gasteiger partial charge in [-0.1, -0.05) is 0 Å². The largest absolute Gasteiger partial charge is 0.367 e. The normalized spacial score (nSPS) is 16.8. The maximum atomic E-state index is 12.3. The van der Waals surface area contributed by atoms with E-state index in [2.05, 4.69) is 11.1 Å². The number of nitrogens with one attached hydrogen (secondary N) is 1. The monoisotopic (exact) mass is 274 g/mol. The molecule has 1 aromatic heterocycles. The van der Waals surface area contributed by atoms with Crippen LogP contribution in [0.1, 0.15) is 24.2 Å². The number of piperazine rings is 1. The van der Waals surface area contributed by atoms with Gasteiger partial charge in [0.05, 0.1) is 6.07 Å². The van der Waals surface area contributed by atoms with Gasteiger partial charge in [0, 0.05) is 44.6 Å². The van der Waals surface area contributed by atoms with E-state index in [-0.39, 0.29) is 16.9 Å². The van der Waals surface area contributed by atoms with Crippen LogP contribution in [-0.2, 0) is 0 Å². The molecule has 0 spiro atoms. The number of nitriles is 1. The van der Waals surface area contributed by atoms with Crippen molar-refractivity contribution in [3.63, 3.8) is 0 Å². The molecule has 106 valence electrons. The van der Waals surface area contributed by atoms with Crippen LogP contribution in [-0.4, -0.2) is 52.4 Å². The standard InChI is InChI=1S/C14H18N4O2/c1-14(2,10-15)18-7-5-17(6-8-18)13(20)11-9-16-4-3-12(11)19/h3-4,9H,5-8H2,1-2H3,(H,16,19). The lowest BCUT2D eigenvalue weighted by Gasteiger charge is -2.40. The molecule has 1 saturated heterocycles. The summed E-state index contributed by atoms with van der Waals surface area (Å²) in [5.41, 5.74) is -0.631. The lowest BCUT2D eigenvalue weighted by Crippen LogP contribution is -2.55. The molecule has 0 aliphatic carbocycles. The molecule has 1 aromatic rings. The van der Waals surface area contributed by atoms with Gasteiger partial charge in [0.25, 0.3) is 5.91 Å². The molecule has 2 heterocycles. The van der Waals surface area contributed by atoms with Crippen molar-refractivity contribution < 1.29 is 4.79 Å². The minimum Gasteiger partial charge on any atom is -0.367 e. The van der Waals surface area contributed by atoms with E-state index in [1.165, 1.54) is 18.5 Å². The van der Waals surface area contributed by atoms with Crippen LogP contribution in [0.5, 0.6) is 0 Å². The molecule has 0 saturated carbocycles. The lowest BCUT2D eigenvalue weighted by atomic mass is 10.0. The summed E-state index contributed by atoms with van der Waals surface area (Å²) in [5.74, 6) is -0.249. The molecule has 6 nitrogen and oxygen atoms in total. The van der Waals surface area contributed by atoms with E-state index in [0.717, 1.165) is 0 Å². The molecule has 6 heteroatoms. The third kappa shape index (κ3) is 2.73. The van der Waals surface area contributed by atoms with E-state index in [4.69, 9.17) is 5.26 Å². The third-order valence-corrected chi connectivity index (χ3v) is 3.69. The Morgan fingerprint density at radius 2 is 2.00 bits per heavy atom. The van der Waals surface area contributed by atoms with Crippen molar-refractivity contribution >= 4 is 5.91 Å². The van der Waals surface area contributed by atoms with Gasteiger partial charge < -0.3 is 9.88 Å². The third-order valence-electron chi connectivity index (χ3n) is 3.69. The Bertz CT molecular complexity index is 592. The highest BCUT2D eigenvalue weighted by Gasteiger charge is 2.31. The van der Waals surface area contributed by atoms with Crippen LogP contribution in [0.2, 0.25) is 0 Å². The number of carbonyl (C=O) groups is 1. The number of nitrogens with zero attached hydrogens (tertiary/aromatic N) is 3. The first-order chi connectivity index (χ1) is 9.45. The summed E-state index contributed by atoms with van der Waals surface area (Å²) in [4.78, 5) is 30.4. The molecule has 1 aliphatic heterocycles. The molecule has 1 fully saturated rings.